The highest BCUT2D eigenvalue weighted by Crippen LogP contribution is 2.59. The number of nitrogens with zero attached hydrogens (tertiary/aromatic N) is 4. The van der Waals surface area contributed by atoms with Crippen LogP contribution in [0.5, 0.6) is 46.0 Å². The molecule has 13 rings (SSSR count). The first-order chi connectivity index (χ1) is 50.4. The summed E-state index contributed by atoms with van der Waals surface area (Å²) < 4.78 is 33.4. The van der Waals surface area contributed by atoms with E-state index < -0.39 is 23.7 Å². The van der Waals surface area contributed by atoms with E-state index in [1.54, 1.807) is 0 Å². The minimum absolute atomic E-state index is 0.0812. The molecule has 0 amide bonds. The number of hydrogen-bond donors (Lipinski definition) is 4. The normalized spacial score (nSPS) is 19.4. The Bertz CT molecular complexity index is 3760. The van der Waals surface area contributed by atoms with Gasteiger partial charge < -0.3 is 39.4 Å². The van der Waals surface area contributed by atoms with Crippen LogP contribution in [0.1, 0.15) is 295 Å². The van der Waals surface area contributed by atoms with Crippen molar-refractivity contribution in [2.75, 3.05) is 26.9 Å². The molecule has 0 saturated heterocycles. The fourth-order valence-corrected chi connectivity index (χ4v) is 18.1. The Balaban J connectivity index is 1.14. The number of phenolic OH excluding ortho intramolecular Hbond substituents is 4. The van der Waals surface area contributed by atoms with Crippen molar-refractivity contribution in [2.24, 2.45) is 0 Å². The zero-order valence-corrected chi connectivity index (χ0v) is 68.2. The van der Waals surface area contributed by atoms with Crippen molar-refractivity contribution in [1.82, 2.24) is 19.6 Å². The lowest BCUT2D eigenvalue weighted by molar-refractivity contribution is 0.0582. The first-order valence-electron chi connectivity index (χ1n) is 38.4. The Morgan fingerprint density at radius 1 is 0.308 bits per heavy atom. The maximum absolute atomic E-state index is 14.0. The molecule has 4 aliphatic heterocycles. The molecule has 12 nitrogen and oxygen atoms in total. The van der Waals surface area contributed by atoms with Gasteiger partial charge in [0.05, 0.1) is 22.3 Å². The molecule has 8 aromatic carbocycles. The van der Waals surface area contributed by atoms with Gasteiger partial charge >= 0.3 is 0 Å². The Morgan fingerprint density at radius 2 is 0.500 bits per heavy atom. The predicted molar refractivity (Wildman–Crippen MR) is 431 cm³/mol. The number of benzene rings is 8. The van der Waals surface area contributed by atoms with E-state index >= 15 is 0 Å². The number of aromatic hydroxyl groups is 4. The van der Waals surface area contributed by atoms with Gasteiger partial charge in [-0.15, -0.1) is 0 Å². The summed E-state index contributed by atoms with van der Waals surface area (Å²) in [4.78, 5) is 9.25. The molecule has 5 aliphatic rings. The lowest BCUT2D eigenvalue weighted by Crippen LogP contribution is -2.36. The number of rotatable bonds is 24. The van der Waals surface area contributed by atoms with Gasteiger partial charge in [0.2, 0.25) is 0 Å². The van der Waals surface area contributed by atoms with Gasteiger partial charge in [0.1, 0.15) is 72.9 Å². The molecule has 8 bridgehead atoms. The Kier molecular flexibility index (Phi) is 24.9. The summed E-state index contributed by atoms with van der Waals surface area (Å²) in [6.07, 6.45) is 13.9. The smallest absolute Gasteiger partial charge is 0.142 e. The summed E-state index contributed by atoms with van der Waals surface area (Å²) in [6, 6.07) is 42.7. The number of fused-ring (bicyclic) bond motifs is 16. The zero-order valence-electron chi connectivity index (χ0n) is 61.9. The van der Waals surface area contributed by atoms with Crippen molar-refractivity contribution in [1.29, 1.82) is 0 Å². The first kappa shape index (κ1) is 76.1. The largest absolute Gasteiger partial charge is 0.507 e. The Labute approximate surface area is 651 Å². The molecule has 0 saturated carbocycles. The molecule has 0 fully saturated rings. The summed E-state index contributed by atoms with van der Waals surface area (Å²) in [5.74, 6) is 1.61. The topological polar surface area (TPSA) is 131 Å². The third-order valence-electron chi connectivity index (χ3n) is 23.6. The van der Waals surface area contributed by atoms with Crippen LogP contribution in [0.2, 0.25) is 0 Å². The van der Waals surface area contributed by atoms with Crippen LogP contribution >= 0.6 is 63.7 Å². The monoisotopic (exact) mass is 1660 g/mol. The Morgan fingerprint density at radius 3 is 0.683 bits per heavy atom. The standard InChI is InChI=1S/C88H104Br4N4O8/c1-9-13-17-21-65-69-41-74(86-77(81(69)97)45-93(50-102-86)53(5)57-25-33-61(89)34-26-57)67(23-19-15-11-3)71-43-76(88-79(83(71)99)47-95(52-104-88)55(7)59-29-37-63(91)38-30-59)68(24-20-16-12-4)72-44-75(87-80(84(72)100)48-96(51-103-87)56(8)60-31-39-64(92)40-32-60)66(22-18-14-10-2)70-42-73(65)85-78(82(70)98)46-94(49-101-85)54(6)58-27-35-62(90)36-28-58/h25-44,53-56,65-68,97-100H,9-24,45-52H2,1-8H3/t53-,54-,55-,56-,65?,66?,67?,68?/m1/s1. The fraction of sp³-hybridized carbons (Fsp3) is 0.455. The van der Waals surface area contributed by atoms with Crippen LogP contribution in [0.15, 0.2) is 139 Å². The van der Waals surface area contributed by atoms with Crippen LogP contribution in [0, 0.1) is 0 Å². The van der Waals surface area contributed by atoms with Gasteiger partial charge in [0, 0.05) is 136 Å². The van der Waals surface area contributed by atoms with Gasteiger partial charge in [0.15, 0.2) is 0 Å². The van der Waals surface area contributed by atoms with Gasteiger partial charge in [0.25, 0.3) is 0 Å². The van der Waals surface area contributed by atoms with E-state index in [4.69, 9.17) is 18.9 Å². The number of hydrogen-bond acceptors (Lipinski definition) is 12. The molecule has 4 N–H and O–H groups in total. The molecule has 1 aliphatic carbocycles. The van der Waals surface area contributed by atoms with Crippen molar-refractivity contribution >= 4 is 63.7 Å². The van der Waals surface area contributed by atoms with Crippen LogP contribution in [0.25, 0.3) is 0 Å². The van der Waals surface area contributed by atoms with E-state index in [9.17, 15) is 20.4 Å². The SMILES string of the molecule is CCCCCC1c2cc(c3c(c2O)CN([C@H](C)c2ccc(Br)cc2)CO3)C(CCCCC)c2cc(c3c(c2O)CN([C@H](C)c2ccc(Br)cc2)CO3)C(CCCCC)c2cc(c3c(c2O)CN([C@H](C)c2ccc(Br)cc2)CO3)C(CCCCC)c2cc1c1c(c2O)CN([C@H](C)c2ccc(Br)cc2)CO1. The predicted octanol–water partition coefficient (Wildman–Crippen LogP) is 24.4. The minimum Gasteiger partial charge on any atom is -0.507 e. The number of halogens is 4. The minimum atomic E-state index is -0.444. The lowest BCUT2D eigenvalue weighted by atomic mass is 9.74. The lowest BCUT2D eigenvalue weighted by Gasteiger charge is -2.40. The number of unbranched alkanes of at least 4 members (excludes halogenated alkanes) is 8. The third-order valence-corrected chi connectivity index (χ3v) is 25.7. The second-order valence-electron chi connectivity index (χ2n) is 30.0. The van der Waals surface area contributed by atoms with Crippen LogP contribution < -0.4 is 18.9 Å². The molecule has 0 aromatic heterocycles. The molecule has 104 heavy (non-hydrogen) atoms. The fourth-order valence-electron chi connectivity index (χ4n) is 17.1. The maximum atomic E-state index is 14.0. The second kappa shape index (κ2) is 34.0. The molecular formula is C88H104Br4N4O8. The van der Waals surface area contributed by atoms with E-state index in [0.29, 0.717) is 74.9 Å². The number of ether oxygens (including phenoxy) is 4. The molecule has 0 spiro atoms. The van der Waals surface area contributed by atoms with E-state index in [0.717, 1.165) is 184 Å². The van der Waals surface area contributed by atoms with Crippen molar-refractivity contribution in [3.8, 4) is 46.0 Å². The molecule has 8 aromatic rings. The van der Waals surface area contributed by atoms with Crippen molar-refractivity contribution in [3.05, 3.63) is 228 Å². The summed E-state index contributed by atoms with van der Waals surface area (Å²) in [5.41, 5.74) is 14.2. The van der Waals surface area contributed by atoms with Crippen molar-refractivity contribution in [3.63, 3.8) is 0 Å². The highest BCUT2D eigenvalue weighted by atomic mass is 79.9. The van der Waals surface area contributed by atoms with E-state index in [-0.39, 0.29) is 74.1 Å². The molecule has 0 radical (unpaired) electrons. The summed E-state index contributed by atoms with van der Waals surface area (Å²) >= 11 is 14.8. The van der Waals surface area contributed by atoms with Crippen LogP contribution in [-0.2, 0) is 26.2 Å². The van der Waals surface area contributed by atoms with Crippen molar-refractivity contribution < 1.29 is 39.4 Å². The molecule has 4 unspecified atom stereocenters. The second-order valence-corrected chi connectivity index (χ2v) is 33.7. The average molecular weight is 1670 g/mol. The highest BCUT2D eigenvalue weighted by molar-refractivity contribution is 9.11. The van der Waals surface area contributed by atoms with E-state index in [1.165, 1.54) is 0 Å². The van der Waals surface area contributed by atoms with Gasteiger partial charge in [-0.1, -0.05) is 217 Å². The van der Waals surface area contributed by atoms with E-state index in [2.05, 4.69) is 260 Å². The first-order valence-corrected chi connectivity index (χ1v) is 41.6. The van der Waals surface area contributed by atoms with Crippen LogP contribution in [-0.4, -0.2) is 66.9 Å². The zero-order chi connectivity index (χ0) is 73.0. The highest BCUT2D eigenvalue weighted by Gasteiger charge is 2.43. The average Bonchev–Trinajstić information content (AvgIpc) is 0.723. The summed E-state index contributed by atoms with van der Waals surface area (Å²) in [7, 11) is 0. The van der Waals surface area contributed by atoms with Gasteiger partial charge in [-0.25, -0.2) is 0 Å². The quantitative estimate of drug-likeness (QED) is 0.0430. The summed E-state index contributed by atoms with van der Waals surface area (Å²) in [5, 5.41) is 56.0. The van der Waals surface area contributed by atoms with Gasteiger partial charge in [-0.05, 0) is 148 Å². The number of phenols is 4. The summed E-state index contributed by atoms with van der Waals surface area (Å²) in [6.45, 7) is 20.5. The van der Waals surface area contributed by atoms with Crippen LogP contribution in [0.3, 0.4) is 0 Å². The van der Waals surface area contributed by atoms with Crippen LogP contribution in [0.4, 0.5) is 0 Å². The molecule has 4 heterocycles. The third kappa shape index (κ3) is 15.8. The molecule has 552 valence electrons. The Hall–Kier alpha value is -6.08. The van der Waals surface area contributed by atoms with Gasteiger partial charge in [-0.2, -0.15) is 0 Å². The molecule has 16 heteroatoms. The van der Waals surface area contributed by atoms with Gasteiger partial charge in [-0.3, -0.25) is 19.6 Å². The van der Waals surface area contributed by atoms with E-state index in [1.807, 2.05) is 0 Å². The maximum Gasteiger partial charge on any atom is 0.142 e. The molecule has 8 atom stereocenters. The molecular weight excluding hydrogens is 1560 g/mol. The van der Waals surface area contributed by atoms with Crippen molar-refractivity contribution in [2.45, 2.75) is 232 Å².